The summed E-state index contributed by atoms with van der Waals surface area (Å²) in [5, 5.41) is 11.9. The monoisotopic (exact) mass is 390 g/mol. The van der Waals surface area contributed by atoms with Crippen LogP contribution in [0.3, 0.4) is 0 Å². The van der Waals surface area contributed by atoms with Crippen molar-refractivity contribution in [1.29, 1.82) is 0 Å². The Kier molecular flexibility index (Phi) is 6.57. The van der Waals surface area contributed by atoms with Crippen LogP contribution in [0.5, 0.6) is 0 Å². The molecule has 0 spiro atoms. The van der Waals surface area contributed by atoms with Crippen LogP contribution in [-0.2, 0) is 0 Å². The number of nitrogens with two attached hydrogens (primary N) is 2. The summed E-state index contributed by atoms with van der Waals surface area (Å²) < 4.78 is 0. The number of nitrogens with one attached hydrogen (secondary N) is 3. The van der Waals surface area contributed by atoms with Gasteiger partial charge in [-0.25, -0.2) is 5.48 Å². The number of thioether (sulfide) groups is 1. The molecule has 2 rings (SSSR count). The van der Waals surface area contributed by atoms with E-state index in [0.717, 1.165) is 0 Å². The predicted molar refractivity (Wildman–Crippen MR) is 100 cm³/mol. The summed E-state index contributed by atoms with van der Waals surface area (Å²) in [7, 11) is 0. The van der Waals surface area contributed by atoms with Crippen molar-refractivity contribution in [3.8, 4) is 0 Å². The maximum absolute atomic E-state index is 12.2. The van der Waals surface area contributed by atoms with Crippen molar-refractivity contribution < 1.29 is 19.6 Å². The van der Waals surface area contributed by atoms with Crippen LogP contribution >= 0.6 is 11.8 Å². The second-order valence-electron chi connectivity index (χ2n) is 5.11. The van der Waals surface area contributed by atoms with Gasteiger partial charge >= 0.3 is 0 Å². The van der Waals surface area contributed by atoms with Gasteiger partial charge in [0.25, 0.3) is 17.7 Å². The molecule has 0 unspecified atom stereocenters. The second-order valence-corrected chi connectivity index (χ2v) is 6.38. The van der Waals surface area contributed by atoms with Crippen LogP contribution in [-0.4, -0.2) is 39.6 Å². The molecule has 2 aromatic rings. The fourth-order valence-electron chi connectivity index (χ4n) is 2.24. The lowest BCUT2D eigenvalue weighted by Gasteiger charge is -2.07. The molecule has 11 heteroatoms. The highest BCUT2D eigenvalue weighted by Crippen LogP contribution is 2.31. The van der Waals surface area contributed by atoms with Gasteiger partial charge in [0.2, 0.25) is 5.96 Å². The number of carbonyl (C=O) groups excluding carboxylic acids is 3. The number of amides is 3. The van der Waals surface area contributed by atoms with Crippen molar-refractivity contribution >= 4 is 41.3 Å². The number of hydrogen-bond acceptors (Lipinski definition) is 6. The van der Waals surface area contributed by atoms with Crippen LogP contribution in [0, 0.1) is 0 Å². The van der Waals surface area contributed by atoms with Crippen LogP contribution in [0.2, 0.25) is 0 Å². The second kappa shape index (κ2) is 8.87. The summed E-state index contributed by atoms with van der Waals surface area (Å²) in [5.41, 5.74) is 12.4. The number of benzene rings is 1. The van der Waals surface area contributed by atoms with Gasteiger partial charge < -0.3 is 16.5 Å². The topological polar surface area (TPSA) is 176 Å². The first-order valence-electron chi connectivity index (χ1n) is 7.72. The van der Waals surface area contributed by atoms with Gasteiger partial charge in [-0.15, -0.1) is 11.8 Å². The minimum Gasteiger partial charge on any atom is -0.365 e. The predicted octanol–water partition coefficient (Wildman–Crippen LogP) is 0.721. The summed E-state index contributed by atoms with van der Waals surface area (Å²) in [5.74, 6) is -2.27. The fourth-order valence-corrected chi connectivity index (χ4v) is 3.04. The van der Waals surface area contributed by atoms with E-state index in [4.69, 9.17) is 11.5 Å². The van der Waals surface area contributed by atoms with Gasteiger partial charge in [0.15, 0.2) is 0 Å². The average Bonchev–Trinajstić information content (AvgIpc) is 3.00. The molecule has 0 aliphatic heterocycles. The molecule has 0 saturated heterocycles. The molecule has 142 valence electrons. The quantitative estimate of drug-likeness (QED) is 0.183. The van der Waals surface area contributed by atoms with E-state index in [-0.39, 0.29) is 22.9 Å². The van der Waals surface area contributed by atoms with Crippen molar-refractivity contribution in [3.05, 3.63) is 47.0 Å². The van der Waals surface area contributed by atoms with Gasteiger partial charge in [0, 0.05) is 5.56 Å². The SMILES string of the molecule is CCSc1[nH]c(/N=C(\NO)NC(=O)c2ccccc2)c(C(N)=O)c1C(N)=O. The van der Waals surface area contributed by atoms with Crippen LogP contribution in [0.15, 0.2) is 40.4 Å². The normalized spacial score (nSPS) is 11.1. The smallest absolute Gasteiger partial charge is 0.258 e. The largest absolute Gasteiger partial charge is 0.365 e. The Bertz CT molecular complexity index is 894. The molecule has 1 heterocycles. The summed E-state index contributed by atoms with van der Waals surface area (Å²) in [4.78, 5) is 42.5. The number of aromatic nitrogens is 1. The molecular weight excluding hydrogens is 372 g/mol. The molecule has 3 amide bonds. The Morgan fingerprint density at radius 3 is 2.30 bits per heavy atom. The van der Waals surface area contributed by atoms with Crippen molar-refractivity contribution in [2.75, 3.05) is 5.75 Å². The Morgan fingerprint density at radius 1 is 1.15 bits per heavy atom. The van der Waals surface area contributed by atoms with E-state index in [9.17, 15) is 19.6 Å². The van der Waals surface area contributed by atoms with Crippen molar-refractivity contribution in [1.82, 2.24) is 15.8 Å². The van der Waals surface area contributed by atoms with Crippen molar-refractivity contribution in [2.45, 2.75) is 11.9 Å². The standard InChI is InChI=1S/C16H18N6O4S/c1-2-27-15-10(12(18)24)9(11(17)23)13(19-15)20-16(22-26)21-14(25)8-6-4-3-5-7-8/h3-7,19,26H,2H2,1H3,(H2,17,23)(H2,18,24)(H2,20,21,22,25). The van der Waals surface area contributed by atoms with Gasteiger partial charge in [-0.1, -0.05) is 25.1 Å². The molecule has 0 aliphatic carbocycles. The fraction of sp³-hybridized carbons (Fsp3) is 0.125. The lowest BCUT2D eigenvalue weighted by atomic mass is 10.1. The number of hydroxylamine groups is 1. The minimum atomic E-state index is -0.937. The highest BCUT2D eigenvalue weighted by atomic mass is 32.2. The number of guanidine groups is 1. The third-order valence-corrected chi connectivity index (χ3v) is 4.21. The maximum Gasteiger partial charge on any atom is 0.258 e. The molecular formula is C16H18N6O4S. The van der Waals surface area contributed by atoms with E-state index in [1.54, 1.807) is 35.8 Å². The van der Waals surface area contributed by atoms with E-state index in [0.29, 0.717) is 16.3 Å². The molecule has 27 heavy (non-hydrogen) atoms. The number of carbonyl (C=O) groups is 3. The Hall–Kier alpha value is -3.31. The summed E-state index contributed by atoms with van der Waals surface area (Å²) in [6.45, 7) is 1.84. The Morgan fingerprint density at radius 2 is 1.78 bits per heavy atom. The first kappa shape index (κ1) is 20.0. The van der Waals surface area contributed by atoms with Crippen molar-refractivity contribution in [2.24, 2.45) is 16.5 Å². The van der Waals surface area contributed by atoms with E-state index in [1.807, 2.05) is 6.92 Å². The van der Waals surface area contributed by atoms with Gasteiger partial charge in [0.1, 0.15) is 5.82 Å². The van der Waals surface area contributed by atoms with E-state index < -0.39 is 17.7 Å². The summed E-state index contributed by atoms with van der Waals surface area (Å²) in [6, 6.07) is 8.21. The zero-order valence-electron chi connectivity index (χ0n) is 14.3. The Labute approximate surface area is 158 Å². The number of H-pyrrole nitrogens is 1. The number of rotatable bonds is 6. The highest BCUT2D eigenvalue weighted by Gasteiger charge is 2.25. The van der Waals surface area contributed by atoms with Gasteiger partial charge in [-0.2, -0.15) is 4.99 Å². The third kappa shape index (κ3) is 4.65. The molecule has 0 atom stereocenters. The number of nitrogens with zero attached hydrogens (tertiary/aromatic N) is 1. The molecule has 1 aromatic carbocycles. The first-order valence-corrected chi connectivity index (χ1v) is 8.71. The minimum absolute atomic E-state index is 0.0974. The molecule has 0 aliphatic rings. The number of primary amides is 2. The lowest BCUT2D eigenvalue weighted by Crippen LogP contribution is -2.39. The van der Waals surface area contributed by atoms with Crippen LogP contribution in [0.25, 0.3) is 0 Å². The number of aliphatic imine (C=N–C) groups is 1. The molecule has 0 radical (unpaired) electrons. The van der Waals surface area contributed by atoms with E-state index in [1.165, 1.54) is 11.8 Å². The van der Waals surface area contributed by atoms with Crippen molar-refractivity contribution in [3.63, 3.8) is 0 Å². The molecule has 0 fully saturated rings. The molecule has 0 bridgehead atoms. The zero-order valence-corrected chi connectivity index (χ0v) is 15.1. The molecule has 10 nitrogen and oxygen atoms in total. The third-order valence-electron chi connectivity index (χ3n) is 3.32. The van der Waals surface area contributed by atoms with Gasteiger partial charge in [-0.3, -0.25) is 24.9 Å². The molecule has 8 N–H and O–H groups in total. The van der Waals surface area contributed by atoms with E-state index in [2.05, 4.69) is 15.3 Å². The molecule has 1 aromatic heterocycles. The van der Waals surface area contributed by atoms with Crippen LogP contribution in [0.4, 0.5) is 5.82 Å². The maximum atomic E-state index is 12.2. The summed E-state index contributed by atoms with van der Waals surface area (Å²) >= 11 is 1.22. The van der Waals surface area contributed by atoms with Crippen LogP contribution < -0.4 is 22.3 Å². The van der Waals surface area contributed by atoms with Crippen LogP contribution in [0.1, 0.15) is 38.0 Å². The summed E-state index contributed by atoms with van der Waals surface area (Å²) in [6.07, 6.45) is 0. The first-order chi connectivity index (χ1) is 12.9. The molecule has 0 saturated carbocycles. The van der Waals surface area contributed by atoms with Gasteiger partial charge in [0.05, 0.1) is 16.2 Å². The zero-order chi connectivity index (χ0) is 20.0. The number of hydrogen-bond donors (Lipinski definition) is 6. The van der Waals surface area contributed by atoms with Gasteiger partial charge in [-0.05, 0) is 17.9 Å². The average molecular weight is 390 g/mol. The lowest BCUT2D eigenvalue weighted by molar-refractivity contribution is 0.0966. The number of aromatic amines is 1. The van der Waals surface area contributed by atoms with E-state index >= 15 is 0 Å². The Balaban J connectivity index is 2.45. The highest BCUT2D eigenvalue weighted by molar-refractivity contribution is 7.99.